The van der Waals surface area contributed by atoms with Crippen molar-refractivity contribution in [3.63, 3.8) is 0 Å². The Bertz CT molecular complexity index is 55.2. The summed E-state index contributed by atoms with van der Waals surface area (Å²) in [7, 11) is 0. The van der Waals surface area contributed by atoms with Crippen LogP contribution in [-0.4, -0.2) is 5.38 Å². The molecule has 0 aromatic heterocycles. The minimum atomic E-state index is -3.14. The predicted octanol–water partition coefficient (Wildman–Crippen LogP) is 2.29. The van der Waals surface area contributed by atoms with Crippen molar-refractivity contribution >= 4 is 11.6 Å². The van der Waals surface area contributed by atoms with E-state index < -0.39 is 11.3 Å². The summed E-state index contributed by atoms with van der Waals surface area (Å²) in [5.41, 5.74) is 0. The van der Waals surface area contributed by atoms with Crippen LogP contribution in [0.4, 0.5) is 8.78 Å². The van der Waals surface area contributed by atoms with E-state index >= 15 is 0 Å². The number of halogens is 3. The molecule has 0 aliphatic rings. The maximum absolute atomic E-state index is 11.5. The van der Waals surface area contributed by atoms with Crippen LogP contribution < -0.4 is 0 Å². The molecule has 0 aliphatic carbocycles. The van der Waals surface area contributed by atoms with Crippen LogP contribution in [0.15, 0.2) is 0 Å². The second kappa shape index (κ2) is 1.86. The lowest BCUT2D eigenvalue weighted by atomic mass is 10.2. The molecule has 0 N–H and O–H groups in total. The Balaban J connectivity index is 3.54. The molecule has 0 nitrogen and oxygen atoms in total. The van der Waals surface area contributed by atoms with Gasteiger partial charge in [-0.1, -0.05) is 0 Å². The zero-order valence-electron chi connectivity index (χ0n) is 3.92. The van der Waals surface area contributed by atoms with Crippen molar-refractivity contribution in [2.75, 3.05) is 0 Å². The average Bonchev–Trinajstić information content (AvgIpc) is 1.31. The molecule has 0 saturated carbocycles. The summed E-state index contributed by atoms with van der Waals surface area (Å²) >= 11 is 4.47. The van der Waals surface area contributed by atoms with E-state index in [1.165, 1.54) is 6.92 Å². The summed E-state index contributed by atoms with van der Waals surface area (Å²) in [6.07, 6.45) is 0. The lowest BCUT2D eigenvalue weighted by molar-refractivity contribution is 0.0563. The van der Waals surface area contributed by atoms with Gasteiger partial charge in [-0.3, -0.25) is 0 Å². The highest BCUT2D eigenvalue weighted by atomic mass is 35.5. The summed E-state index contributed by atoms with van der Waals surface area (Å²) < 4.78 is 23.1. The molecule has 0 bridgehead atoms. The Labute approximate surface area is 46.5 Å². The van der Waals surface area contributed by atoms with E-state index in [-0.39, 0.29) is 0 Å². The Hall–Kier alpha value is 0.0200. The maximum atomic E-state index is 11.5. The summed E-state index contributed by atoms with van der Waals surface area (Å²) in [6, 6.07) is 0. The lowest BCUT2D eigenvalue weighted by Crippen LogP contribution is -2.14. The van der Waals surface area contributed by atoms with Gasteiger partial charge >= 0.3 is 5.38 Å². The molecule has 0 saturated heterocycles. The van der Waals surface area contributed by atoms with Gasteiger partial charge in [0.2, 0.25) is 0 Å². The van der Waals surface area contributed by atoms with Crippen LogP contribution in [0.1, 0.15) is 6.92 Å². The Morgan fingerprint density at radius 3 is 1.86 bits per heavy atom. The quantitative estimate of drug-likeness (QED) is 0.375. The monoisotopic (exact) mass is 127 g/mol. The zero-order chi connectivity index (χ0) is 6.08. The standard InChI is InChI=1S/C4H6ClF2/c1-3(2)4(5,6)7/h3H,1H2,2H3/q+1. The zero-order valence-corrected chi connectivity index (χ0v) is 4.67. The van der Waals surface area contributed by atoms with Crippen LogP contribution in [-0.2, 0) is 0 Å². The molecule has 1 atom stereocenters. The van der Waals surface area contributed by atoms with Crippen molar-refractivity contribution in [1.82, 2.24) is 0 Å². The van der Waals surface area contributed by atoms with Gasteiger partial charge in [-0.05, 0) is 18.5 Å². The van der Waals surface area contributed by atoms with Crippen molar-refractivity contribution in [1.29, 1.82) is 0 Å². The second-order valence-corrected chi connectivity index (χ2v) is 1.95. The van der Waals surface area contributed by atoms with Crippen molar-refractivity contribution in [2.24, 2.45) is 5.92 Å². The molecule has 0 radical (unpaired) electrons. The highest BCUT2D eigenvalue weighted by Crippen LogP contribution is 2.27. The minimum Gasteiger partial charge on any atom is -0.183 e. The summed E-state index contributed by atoms with van der Waals surface area (Å²) in [5.74, 6) is -1.02. The average molecular weight is 128 g/mol. The molecule has 0 spiro atoms. The molecule has 7 heavy (non-hydrogen) atoms. The van der Waals surface area contributed by atoms with Crippen molar-refractivity contribution < 1.29 is 8.78 Å². The van der Waals surface area contributed by atoms with Crippen molar-refractivity contribution in [2.45, 2.75) is 12.3 Å². The van der Waals surface area contributed by atoms with Crippen LogP contribution in [0.3, 0.4) is 0 Å². The molecule has 0 aromatic carbocycles. The Morgan fingerprint density at radius 1 is 1.71 bits per heavy atom. The van der Waals surface area contributed by atoms with Crippen LogP contribution in [0.5, 0.6) is 0 Å². The third kappa shape index (κ3) is 2.68. The molecule has 42 valence electrons. The highest BCUT2D eigenvalue weighted by Gasteiger charge is 2.34. The fourth-order valence-corrected chi connectivity index (χ4v) is 0. The molecule has 0 aliphatic heterocycles. The molecule has 0 heterocycles. The smallest absolute Gasteiger partial charge is 0.183 e. The molecule has 3 heteroatoms. The van der Waals surface area contributed by atoms with E-state index in [1.807, 2.05) is 0 Å². The van der Waals surface area contributed by atoms with Crippen LogP contribution in [0.25, 0.3) is 0 Å². The molecule has 0 fully saturated rings. The number of rotatable bonds is 1. The van der Waals surface area contributed by atoms with Gasteiger partial charge in [0.1, 0.15) is 0 Å². The first-order valence-electron chi connectivity index (χ1n) is 1.84. The summed E-state index contributed by atoms with van der Waals surface area (Å²) in [5, 5.41) is -3.14. The van der Waals surface area contributed by atoms with Gasteiger partial charge in [0.05, 0.1) is 6.92 Å². The number of alkyl halides is 3. The molecular formula is C4H6ClF2+. The van der Waals surface area contributed by atoms with E-state index in [2.05, 4.69) is 18.5 Å². The van der Waals surface area contributed by atoms with E-state index in [9.17, 15) is 8.78 Å². The van der Waals surface area contributed by atoms with Crippen LogP contribution in [0.2, 0.25) is 0 Å². The topological polar surface area (TPSA) is 0 Å². The fraction of sp³-hybridized carbons (Fsp3) is 0.750. The van der Waals surface area contributed by atoms with Gasteiger partial charge in [-0.2, -0.15) is 8.78 Å². The van der Waals surface area contributed by atoms with E-state index in [0.717, 1.165) is 0 Å². The van der Waals surface area contributed by atoms with Gasteiger partial charge in [-0.15, -0.1) is 0 Å². The van der Waals surface area contributed by atoms with Gasteiger partial charge < -0.3 is 0 Å². The third-order valence-electron chi connectivity index (χ3n) is 0.559. The van der Waals surface area contributed by atoms with Gasteiger partial charge in [0.25, 0.3) is 0 Å². The van der Waals surface area contributed by atoms with E-state index in [1.54, 1.807) is 0 Å². The molecule has 0 rings (SSSR count). The van der Waals surface area contributed by atoms with Crippen molar-refractivity contribution in [3.8, 4) is 0 Å². The van der Waals surface area contributed by atoms with E-state index in [4.69, 9.17) is 0 Å². The summed E-state index contributed by atoms with van der Waals surface area (Å²) in [6.45, 7) is 4.28. The normalized spacial score (nSPS) is 16.6. The second-order valence-electron chi connectivity index (χ2n) is 1.44. The molecule has 0 aromatic rings. The van der Waals surface area contributed by atoms with Gasteiger partial charge in [0, 0.05) is 0 Å². The van der Waals surface area contributed by atoms with Crippen LogP contribution >= 0.6 is 11.6 Å². The number of hydrogen-bond donors (Lipinski definition) is 0. The third-order valence-corrected chi connectivity index (χ3v) is 0.931. The first kappa shape index (κ1) is 7.02. The SMILES string of the molecule is [CH2+]C(C)C(F)(F)Cl. The van der Waals surface area contributed by atoms with E-state index in [0.29, 0.717) is 0 Å². The van der Waals surface area contributed by atoms with Crippen molar-refractivity contribution in [3.05, 3.63) is 6.92 Å². The summed E-state index contributed by atoms with van der Waals surface area (Å²) in [4.78, 5) is 0. The maximum Gasteiger partial charge on any atom is 0.363 e. The Morgan fingerprint density at radius 2 is 1.86 bits per heavy atom. The largest absolute Gasteiger partial charge is 0.363 e. The predicted molar refractivity (Wildman–Crippen MR) is 25.3 cm³/mol. The Kier molecular flexibility index (Phi) is 1.87. The van der Waals surface area contributed by atoms with Crippen LogP contribution in [0, 0.1) is 12.8 Å². The highest BCUT2D eigenvalue weighted by molar-refractivity contribution is 6.21. The van der Waals surface area contributed by atoms with Gasteiger partial charge in [-0.25, -0.2) is 0 Å². The number of hydrogen-bond acceptors (Lipinski definition) is 0. The molecular weight excluding hydrogens is 121 g/mol. The molecule has 0 amide bonds. The lowest BCUT2D eigenvalue weighted by Gasteiger charge is -2.03. The van der Waals surface area contributed by atoms with Gasteiger partial charge in [0.15, 0.2) is 5.92 Å². The fourth-order valence-electron chi connectivity index (χ4n) is 0. The first-order valence-corrected chi connectivity index (χ1v) is 2.22. The minimum absolute atomic E-state index is 1.02. The first-order chi connectivity index (χ1) is 2.94. The molecule has 1 unspecified atom stereocenters.